The number of benzene rings is 1. The van der Waals surface area contributed by atoms with E-state index in [1.165, 1.54) is 6.07 Å². The van der Waals surface area contributed by atoms with Crippen molar-refractivity contribution in [1.82, 2.24) is 4.90 Å². The molecule has 2 aliphatic rings. The average Bonchev–Trinajstić information content (AvgIpc) is 2.42. The third-order valence-electron chi connectivity index (χ3n) is 4.25. The van der Waals surface area contributed by atoms with Crippen molar-refractivity contribution in [2.45, 2.75) is 48.1 Å². The van der Waals surface area contributed by atoms with Gasteiger partial charge in [0.15, 0.2) is 0 Å². The van der Waals surface area contributed by atoms with E-state index in [2.05, 4.69) is 22.6 Å². The van der Waals surface area contributed by atoms with Crippen molar-refractivity contribution in [3.05, 3.63) is 35.6 Å². The van der Waals surface area contributed by atoms with Crippen LogP contribution in [0, 0.1) is 5.82 Å². The molecule has 1 aromatic carbocycles. The number of carbonyl (C=O) groups excluding carboxylic acids is 1. The van der Waals surface area contributed by atoms with E-state index in [1.54, 1.807) is 12.1 Å². The first-order chi connectivity index (χ1) is 9.16. The van der Waals surface area contributed by atoms with E-state index in [1.807, 2.05) is 11.0 Å². The molecule has 0 spiro atoms. The second-order valence-electron chi connectivity index (χ2n) is 5.45. The number of piperidine rings is 2. The van der Waals surface area contributed by atoms with Gasteiger partial charge in [-0.05, 0) is 49.8 Å². The molecule has 0 bridgehead atoms. The van der Waals surface area contributed by atoms with Crippen LogP contribution in [-0.2, 0) is 4.79 Å². The van der Waals surface area contributed by atoms with E-state index < -0.39 is 0 Å². The Balaban J connectivity index is 1.93. The molecule has 4 heteroatoms. The van der Waals surface area contributed by atoms with E-state index in [4.69, 9.17) is 0 Å². The first-order valence-corrected chi connectivity index (χ1v) is 8.13. The second-order valence-corrected chi connectivity index (χ2v) is 6.95. The first-order valence-electron chi connectivity index (χ1n) is 6.88. The zero-order chi connectivity index (χ0) is 13.4. The number of carbonyl (C=O) groups is 1. The van der Waals surface area contributed by atoms with Gasteiger partial charge >= 0.3 is 0 Å². The molecular formula is C15H17FINO. The van der Waals surface area contributed by atoms with Crippen molar-refractivity contribution in [3.63, 3.8) is 0 Å². The summed E-state index contributed by atoms with van der Waals surface area (Å²) in [7, 11) is 0. The topological polar surface area (TPSA) is 20.3 Å². The van der Waals surface area contributed by atoms with Crippen LogP contribution in [0.4, 0.5) is 4.39 Å². The van der Waals surface area contributed by atoms with Crippen LogP contribution in [0.3, 0.4) is 0 Å². The van der Waals surface area contributed by atoms with Gasteiger partial charge < -0.3 is 4.90 Å². The van der Waals surface area contributed by atoms with Crippen LogP contribution in [0.5, 0.6) is 0 Å². The van der Waals surface area contributed by atoms with Crippen molar-refractivity contribution in [1.29, 1.82) is 0 Å². The second kappa shape index (κ2) is 5.38. The van der Waals surface area contributed by atoms with E-state index >= 15 is 0 Å². The lowest BCUT2D eigenvalue weighted by molar-refractivity contribution is -0.140. The Kier molecular flexibility index (Phi) is 3.78. The fourth-order valence-corrected chi connectivity index (χ4v) is 4.04. The third-order valence-corrected chi connectivity index (χ3v) is 5.41. The van der Waals surface area contributed by atoms with Crippen LogP contribution < -0.4 is 0 Å². The van der Waals surface area contributed by atoms with Crippen LogP contribution >= 0.6 is 22.6 Å². The minimum absolute atomic E-state index is 0.0690. The van der Waals surface area contributed by atoms with Crippen LogP contribution in [0.2, 0.25) is 0 Å². The lowest BCUT2D eigenvalue weighted by Gasteiger charge is -2.46. The minimum atomic E-state index is -0.213. The average molecular weight is 373 g/mol. The highest BCUT2D eigenvalue weighted by molar-refractivity contribution is 14.1. The molecule has 1 aromatic rings. The summed E-state index contributed by atoms with van der Waals surface area (Å²) in [4.78, 5) is 14.5. The Morgan fingerprint density at radius 1 is 1.21 bits per heavy atom. The number of amides is 1. The SMILES string of the molecule is O=C1C(I)CC[C@@H]2CCC[C@H](c3cccc(F)c3)N12. The predicted molar refractivity (Wildman–Crippen MR) is 80.7 cm³/mol. The summed E-state index contributed by atoms with van der Waals surface area (Å²) < 4.78 is 13.5. The highest BCUT2D eigenvalue weighted by Crippen LogP contribution is 2.40. The molecule has 3 atom stereocenters. The molecule has 0 radical (unpaired) electrons. The normalized spacial score (nSPS) is 31.2. The zero-order valence-electron chi connectivity index (χ0n) is 10.7. The summed E-state index contributed by atoms with van der Waals surface area (Å²) in [5, 5.41) is 0. The molecule has 1 amide bonds. The van der Waals surface area contributed by atoms with Crippen molar-refractivity contribution < 1.29 is 9.18 Å². The Labute approximate surface area is 126 Å². The summed E-state index contributed by atoms with van der Waals surface area (Å²) in [6.45, 7) is 0. The van der Waals surface area contributed by atoms with Crippen LogP contribution in [-0.4, -0.2) is 20.8 Å². The van der Waals surface area contributed by atoms with Crippen molar-refractivity contribution in [2.75, 3.05) is 0 Å². The molecule has 2 nitrogen and oxygen atoms in total. The third kappa shape index (κ3) is 2.51. The van der Waals surface area contributed by atoms with Crippen LogP contribution in [0.15, 0.2) is 24.3 Å². The van der Waals surface area contributed by atoms with E-state index in [0.29, 0.717) is 6.04 Å². The quantitative estimate of drug-likeness (QED) is 0.541. The fraction of sp³-hybridized carbons (Fsp3) is 0.533. The molecule has 3 rings (SSSR count). The molecule has 0 aromatic heterocycles. The largest absolute Gasteiger partial charge is 0.332 e. The van der Waals surface area contributed by atoms with Gasteiger partial charge in [0.25, 0.3) is 0 Å². The van der Waals surface area contributed by atoms with Crippen molar-refractivity contribution >= 4 is 28.5 Å². The molecule has 0 saturated carbocycles. The lowest BCUT2D eigenvalue weighted by atomic mass is 9.85. The summed E-state index contributed by atoms with van der Waals surface area (Å²) in [6.07, 6.45) is 5.25. The molecule has 2 fully saturated rings. The van der Waals surface area contributed by atoms with E-state index in [0.717, 1.165) is 37.7 Å². The number of fused-ring (bicyclic) bond motifs is 1. The molecule has 2 heterocycles. The maximum Gasteiger partial charge on any atom is 0.236 e. The predicted octanol–water partition coefficient (Wildman–Crippen LogP) is 3.85. The summed E-state index contributed by atoms with van der Waals surface area (Å²) >= 11 is 2.24. The van der Waals surface area contributed by atoms with Gasteiger partial charge in [-0.3, -0.25) is 4.79 Å². The zero-order valence-corrected chi connectivity index (χ0v) is 12.8. The van der Waals surface area contributed by atoms with Crippen molar-refractivity contribution in [3.8, 4) is 0 Å². The standard InChI is InChI=1S/C15H17FINO/c16-11-4-1-3-10(9-11)14-6-2-5-12-7-8-13(17)15(19)18(12)14/h1,3-4,9,12-14H,2,5-8H2/t12-,13?,14+/m0/s1. The maximum absolute atomic E-state index is 13.4. The smallest absolute Gasteiger partial charge is 0.236 e. The molecule has 2 aliphatic heterocycles. The summed E-state index contributed by atoms with van der Waals surface area (Å²) in [5.41, 5.74) is 0.948. The lowest BCUT2D eigenvalue weighted by Crippen LogP contribution is -2.52. The van der Waals surface area contributed by atoms with Gasteiger partial charge in [0, 0.05) is 6.04 Å². The van der Waals surface area contributed by atoms with Gasteiger partial charge in [0.05, 0.1) is 9.97 Å². The van der Waals surface area contributed by atoms with Gasteiger partial charge in [-0.1, -0.05) is 34.7 Å². The molecule has 2 saturated heterocycles. The van der Waals surface area contributed by atoms with Gasteiger partial charge in [-0.25, -0.2) is 4.39 Å². The van der Waals surface area contributed by atoms with Crippen molar-refractivity contribution in [2.24, 2.45) is 0 Å². The number of alkyl halides is 1. The van der Waals surface area contributed by atoms with E-state index in [-0.39, 0.29) is 21.7 Å². The molecule has 19 heavy (non-hydrogen) atoms. The molecule has 0 aliphatic carbocycles. The van der Waals surface area contributed by atoms with Crippen LogP contribution in [0.1, 0.15) is 43.7 Å². The van der Waals surface area contributed by atoms with E-state index in [9.17, 15) is 9.18 Å². The molecule has 1 unspecified atom stereocenters. The first kappa shape index (κ1) is 13.3. The number of rotatable bonds is 1. The van der Waals surface area contributed by atoms with Gasteiger partial charge in [0.2, 0.25) is 5.91 Å². The number of hydrogen-bond acceptors (Lipinski definition) is 1. The number of hydrogen-bond donors (Lipinski definition) is 0. The summed E-state index contributed by atoms with van der Waals surface area (Å²) in [6, 6.07) is 7.16. The molecular weight excluding hydrogens is 356 g/mol. The summed E-state index contributed by atoms with van der Waals surface area (Å²) in [5.74, 6) is 0.0286. The van der Waals surface area contributed by atoms with Gasteiger partial charge in [-0.2, -0.15) is 0 Å². The highest BCUT2D eigenvalue weighted by atomic mass is 127. The minimum Gasteiger partial charge on any atom is -0.332 e. The fourth-order valence-electron chi connectivity index (χ4n) is 3.36. The Hall–Kier alpha value is -0.650. The van der Waals surface area contributed by atoms with Gasteiger partial charge in [-0.15, -0.1) is 0 Å². The number of nitrogens with zero attached hydrogens (tertiary/aromatic N) is 1. The maximum atomic E-state index is 13.4. The monoisotopic (exact) mass is 373 g/mol. The number of halogens is 2. The van der Waals surface area contributed by atoms with Gasteiger partial charge in [0.1, 0.15) is 5.82 Å². The van der Waals surface area contributed by atoms with Crippen LogP contribution in [0.25, 0.3) is 0 Å². The Morgan fingerprint density at radius 3 is 2.84 bits per heavy atom. The molecule has 102 valence electrons. The molecule has 0 N–H and O–H groups in total. The highest BCUT2D eigenvalue weighted by Gasteiger charge is 2.40. The Morgan fingerprint density at radius 2 is 2.05 bits per heavy atom. The Bertz CT molecular complexity index is 493.